The molecular weight excluding hydrogens is 270 g/mol. The van der Waals surface area contributed by atoms with Gasteiger partial charge in [-0.15, -0.1) is 0 Å². The highest BCUT2D eigenvalue weighted by atomic mass is 16.5. The monoisotopic (exact) mass is 287 g/mol. The van der Waals surface area contributed by atoms with Crippen molar-refractivity contribution in [3.8, 4) is 28.4 Å². The van der Waals surface area contributed by atoms with E-state index in [0.717, 1.165) is 0 Å². The molecule has 2 rings (SSSR count). The minimum Gasteiger partial charge on any atom is -0.493 e. The third kappa shape index (κ3) is 2.63. The van der Waals surface area contributed by atoms with Gasteiger partial charge in [0, 0.05) is 11.1 Å². The first-order valence-electron chi connectivity index (χ1n) is 6.32. The van der Waals surface area contributed by atoms with Crippen LogP contribution < -0.4 is 19.9 Å². The SMILES string of the molecule is COc1ccc(-c2ccccc2C(N)=O)c(OC)c1OC. The molecule has 5 heteroatoms. The summed E-state index contributed by atoms with van der Waals surface area (Å²) in [5, 5.41) is 0. The number of primary amides is 1. The van der Waals surface area contributed by atoms with Crippen molar-refractivity contribution >= 4 is 5.91 Å². The number of hydrogen-bond donors (Lipinski definition) is 1. The van der Waals surface area contributed by atoms with Crippen LogP contribution in [0.3, 0.4) is 0 Å². The van der Waals surface area contributed by atoms with Gasteiger partial charge >= 0.3 is 0 Å². The maximum atomic E-state index is 11.6. The zero-order valence-electron chi connectivity index (χ0n) is 12.2. The molecule has 0 heterocycles. The first-order valence-corrected chi connectivity index (χ1v) is 6.32. The second-order valence-electron chi connectivity index (χ2n) is 4.29. The molecule has 2 N–H and O–H groups in total. The Morgan fingerprint density at radius 1 is 0.857 bits per heavy atom. The van der Waals surface area contributed by atoms with Crippen molar-refractivity contribution in [1.29, 1.82) is 0 Å². The summed E-state index contributed by atoms with van der Waals surface area (Å²) in [4.78, 5) is 11.6. The molecule has 5 nitrogen and oxygen atoms in total. The second kappa shape index (κ2) is 6.17. The van der Waals surface area contributed by atoms with Crippen LogP contribution in [0.2, 0.25) is 0 Å². The number of benzene rings is 2. The van der Waals surface area contributed by atoms with Gasteiger partial charge in [0.2, 0.25) is 11.7 Å². The normalized spacial score (nSPS) is 10.0. The van der Waals surface area contributed by atoms with Crippen LogP contribution in [-0.2, 0) is 0 Å². The third-order valence-electron chi connectivity index (χ3n) is 3.19. The van der Waals surface area contributed by atoms with E-state index < -0.39 is 5.91 Å². The van der Waals surface area contributed by atoms with Crippen LogP contribution in [0, 0.1) is 0 Å². The summed E-state index contributed by atoms with van der Waals surface area (Å²) in [7, 11) is 4.62. The summed E-state index contributed by atoms with van der Waals surface area (Å²) in [5.41, 5.74) is 7.25. The van der Waals surface area contributed by atoms with Crippen LogP contribution in [0.4, 0.5) is 0 Å². The van der Waals surface area contributed by atoms with Crippen LogP contribution in [0.25, 0.3) is 11.1 Å². The van der Waals surface area contributed by atoms with Crippen molar-refractivity contribution in [2.75, 3.05) is 21.3 Å². The molecule has 0 aliphatic rings. The predicted octanol–water partition coefficient (Wildman–Crippen LogP) is 2.48. The summed E-state index contributed by atoms with van der Waals surface area (Å²) in [6.07, 6.45) is 0. The van der Waals surface area contributed by atoms with Crippen LogP contribution in [0.15, 0.2) is 36.4 Å². The Kier molecular flexibility index (Phi) is 4.33. The van der Waals surface area contributed by atoms with Gasteiger partial charge in [-0.2, -0.15) is 0 Å². The topological polar surface area (TPSA) is 70.8 Å². The largest absolute Gasteiger partial charge is 0.493 e. The van der Waals surface area contributed by atoms with Gasteiger partial charge in [-0.1, -0.05) is 18.2 Å². The molecule has 0 fully saturated rings. The van der Waals surface area contributed by atoms with E-state index in [4.69, 9.17) is 19.9 Å². The molecule has 0 unspecified atom stereocenters. The lowest BCUT2D eigenvalue weighted by atomic mass is 9.98. The van der Waals surface area contributed by atoms with E-state index in [9.17, 15) is 4.79 Å². The third-order valence-corrected chi connectivity index (χ3v) is 3.19. The molecule has 1 amide bonds. The van der Waals surface area contributed by atoms with Gasteiger partial charge < -0.3 is 19.9 Å². The second-order valence-corrected chi connectivity index (χ2v) is 4.29. The molecule has 0 saturated carbocycles. The Morgan fingerprint density at radius 3 is 2.10 bits per heavy atom. The molecule has 0 atom stereocenters. The van der Waals surface area contributed by atoms with E-state index in [1.807, 2.05) is 18.2 Å². The Balaban J connectivity index is 2.73. The van der Waals surface area contributed by atoms with E-state index in [0.29, 0.717) is 33.9 Å². The summed E-state index contributed by atoms with van der Waals surface area (Å²) in [6.45, 7) is 0. The maximum absolute atomic E-state index is 11.6. The average molecular weight is 287 g/mol. The van der Waals surface area contributed by atoms with Crippen molar-refractivity contribution in [1.82, 2.24) is 0 Å². The fraction of sp³-hybridized carbons (Fsp3) is 0.188. The van der Waals surface area contributed by atoms with Gasteiger partial charge in [0.15, 0.2) is 11.5 Å². The van der Waals surface area contributed by atoms with Crippen molar-refractivity contribution in [2.24, 2.45) is 5.73 Å². The number of ether oxygens (including phenoxy) is 3. The van der Waals surface area contributed by atoms with Gasteiger partial charge in [-0.25, -0.2) is 0 Å². The molecule has 0 aromatic heterocycles. The van der Waals surface area contributed by atoms with Crippen molar-refractivity contribution < 1.29 is 19.0 Å². The van der Waals surface area contributed by atoms with Crippen LogP contribution >= 0.6 is 0 Å². The molecule has 110 valence electrons. The number of carbonyl (C=O) groups is 1. The molecule has 0 aliphatic heterocycles. The minimum absolute atomic E-state index is 0.419. The average Bonchev–Trinajstić information content (AvgIpc) is 2.53. The van der Waals surface area contributed by atoms with Crippen LogP contribution in [0.1, 0.15) is 10.4 Å². The Bertz CT molecular complexity index is 667. The fourth-order valence-corrected chi connectivity index (χ4v) is 2.25. The van der Waals surface area contributed by atoms with E-state index in [2.05, 4.69) is 0 Å². The highest BCUT2D eigenvalue weighted by Crippen LogP contribution is 2.44. The molecule has 0 spiro atoms. The quantitative estimate of drug-likeness (QED) is 0.917. The standard InChI is InChI=1S/C16H17NO4/c1-19-13-9-8-11(14(20-2)15(13)21-3)10-6-4-5-7-12(10)16(17)18/h4-9H,1-3H3,(H2,17,18). The lowest BCUT2D eigenvalue weighted by Gasteiger charge is -2.17. The van der Waals surface area contributed by atoms with Gasteiger partial charge in [0.1, 0.15) is 0 Å². The van der Waals surface area contributed by atoms with E-state index in [1.165, 1.54) is 14.2 Å². The number of amides is 1. The summed E-state index contributed by atoms with van der Waals surface area (Å²) in [6, 6.07) is 10.6. The Hall–Kier alpha value is -2.69. The molecule has 0 saturated heterocycles. The summed E-state index contributed by atoms with van der Waals surface area (Å²) >= 11 is 0. The predicted molar refractivity (Wildman–Crippen MR) is 80.1 cm³/mol. The van der Waals surface area contributed by atoms with Gasteiger partial charge in [-0.3, -0.25) is 4.79 Å². The first kappa shape index (κ1) is 14.7. The summed E-state index contributed by atoms with van der Waals surface area (Å²) < 4.78 is 16.0. The lowest BCUT2D eigenvalue weighted by molar-refractivity contribution is 0.100. The molecule has 0 radical (unpaired) electrons. The van der Waals surface area contributed by atoms with Gasteiger partial charge in [0.25, 0.3) is 0 Å². The highest BCUT2D eigenvalue weighted by Gasteiger charge is 2.19. The maximum Gasteiger partial charge on any atom is 0.249 e. The molecule has 2 aromatic carbocycles. The summed E-state index contributed by atoms with van der Waals surface area (Å²) in [5.74, 6) is 1.01. The van der Waals surface area contributed by atoms with E-state index in [-0.39, 0.29) is 0 Å². The lowest BCUT2D eigenvalue weighted by Crippen LogP contribution is -2.12. The van der Waals surface area contributed by atoms with Crippen molar-refractivity contribution in [3.63, 3.8) is 0 Å². The number of rotatable bonds is 5. The zero-order chi connectivity index (χ0) is 15.4. The Labute approximate surface area is 123 Å². The molecule has 0 aliphatic carbocycles. The van der Waals surface area contributed by atoms with Crippen LogP contribution in [-0.4, -0.2) is 27.2 Å². The minimum atomic E-state index is -0.498. The van der Waals surface area contributed by atoms with Gasteiger partial charge in [0.05, 0.1) is 21.3 Å². The number of carbonyl (C=O) groups excluding carboxylic acids is 1. The smallest absolute Gasteiger partial charge is 0.249 e. The Morgan fingerprint density at radius 2 is 1.52 bits per heavy atom. The first-order chi connectivity index (χ1) is 10.1. The van der Waals surface area contributed by atoms with Crippen LogP contribution in [0.5, 0.6) is 17.2 Å². The van der Waals surface area contributed by atoms with E-state index in [1.54, 1.807) is 25.3 Å². The molecule has 0 bridgehead atoms. The number of methoxy groups -OCH3 is 3. The zero-order valence-corrected chi connectivity index (χ0v) is 12.2. The number of nitrogens with two attached hydrogens (primary N) is 1. The van der Waals surface area contributed by atoms with Crippen molar-refractivity contribution in [3.05, 3.63) is 42.0 Å². The van der Waals surface area contributed by atoms with Crippen molar-refractivity contribution in [2.45, 2.75) is 0 Å². The molecular formula is C16H17NO4. The van der Waals surface area contributed by atoms with Gasteiger partial charge in [-0.05, 0) is 23.8 Å². The fourth-order valence-electron chi connectivity index (χ4n) is 2.25. The highest BCUT2D eigenvalue weighted by molar-refractivity contribution is 6.00. The molecule has 2 aromatic rings. The van der Waals surface area contributed by atoms with E-state index >= 15 is 0 Å². The molecule has 21 heavy (non-hydrogen) atoms. The number of hydrogen-bond acceptors (Lipinski definition) is 4.